The van der Waals surface area contributed by atoms with E-state index < -0.39 is 55.4 Å². The van der Waals surface area contributed by atoms with Crippen LogP contribution in [0, 0.1) is 0 Å². The summed E-state index contributed by atoms with van der Waals surface area (Å²) >= 11 is 0. The molecule has 7 N–H and O–H groups in total. The fourth-order valence-corrected chi connectivity index (χ4v) is 8.70. The molecular weight excluding hydrogens is 755 g/mol. The Balaban J connectivity index is 2.29. The first-order chi connectivity index (χ1) is 29.3. The maximum atomic E-state index is 13.1. The normalized spacial score (nSPS) is 21.1. The van der Waals surface area contributed by atoms with Crippen molar-refractivity contribution >= 4 is 5.91 Å². The molecule has 0 bridgehead atoms. The third-order valence-electron chi connectivity index (χ3n) is 12.9. The van der Waals surface area contributed by atoms with E-state index >= 15 is 0 Å². The summed E-state index contributed by atoms with van der Waals surface area (Å²) in [6.45, 7) is 3.98. The highest BCUT2D eigenvalue weighted by Crippen LogP contribution is 2.23. The topological polar surface area (TPSA) is 160 Å². The van der Waals surface area contributed by atoms with Gasteiger partial charge in [0, 0.05) is 6.42 Å². The van der Waals surface area contributed by atoms with Gasteiger partial charge in [-0.25, -0.2) is 0 Å². The minimum Gasteiger partial charge on any atom is -0.394 e. The summed E-state index contributed by atoms with van der Waals surface area (Å²) in [7, 11) is 0. The average molecular weight is 854 g/mol. The largest absolute Gasteiger partial charge is 0.394 e. The van der Waals surface area contributed by atoms with Crippen molar-refractivity contribution in [3.63, 3.8) is 0 Å². The Morgan fingerprint density at radius 2 is 0.867 bits per heavy atom. The van der Waals surface area contributed by atoms with E-state index in [1.807, 2.05) is 0 Å². The van der Waals surface area contributed by atoms with Crippen LogP contribution in [0.2, 0.25) is 0 Å². The van der Waals surface area contributed by atoms with E-state index in [4.69, 9.17) is 4.74 Å². The van der Waals surface area contributed by atoms with Crippen LogP contribution in [-0.2, 0) is 9.53 Å². The van der Waals surface area contributed by atoms with Crippen LogP contribution < -0.4 is 5.32 Å². The second-order valence-electron chi connectivity index (χ2n) is 18.5. The predicted molar refractivity (Wildman–Crippen MR) is 249 cm³/mol. The van der Waals surface area contributed by atoms with Gasteiger partial charge in [0.1, 0.15) is 36.6 Å². The van der Waals surface area contributed by atoms with Gasteiger partial charge in [-0.15, -0.1) is 0 Å². The van der Waals surface area contributed by atoms with Crippen LogP contribution in [0.3, 0.4) is 0 Å². The van der Waals surface area contributed by atoms with Gasteiger partial charge in [0.05, 0.1) is 18.8 Å². The van der Waals surface area contributed by atoms with Gasteiger partial charge in [-0.1, -0.05) is 244 Å². The van der Waals surface area contributed by atoms with Crippen LogP contribution in [0.15, 0.2) is 12.2 Å². The Hall–Kier alpha value is -1.07. The highest BCUT2D eigenvalue weighted by atomic mass is 16.5. The zero-order valence-corrected chi connectivity index (χ0v) is 39.1. The van der Waals surface area contributed by atoms with Gasteiger partial charge in [0.25, 0.3) is 0 Å². The summed E-state index contributed by atoms with van der Waals surface area (Å²) in [5.74, 6) is -0.224. The minimum absolute atomic E-state index is 0.224. The molecular formula is C51H99NO8. The number of carbonyl (C=O) groups is 1. The molecule has 356 valence electrons. The number of amides is 1. The molecule has 0 aliphatic carbocycles. The molecule has 9 nitrogen and oxygen atoms in total. The molecule has 0 radical (unpaired) electrons. The van der Waals surface area contributed by atoms with Gasteiger partial charge >= 0.3 is 0 Å². The summed E-state index contributed by atoms with van der Waals surface area (Å²) in [6.07, 6.45) is 39.3. The summed E-state index contributed by atoms with van der Waals surface area (Å²) in [5, 5.41) is 65.5. The van der Waals surface area contributed by atoms with Crippen molar-refractivity contribution in [3.05, 3.63) is 12.2 Å². The van der Waals surface area contributed by atoms with Gasteiger partial charge in [-0.3, -0.25) is 4.79 Å². The highest BCUT2D eigenvalue weighted by molar-refractivity contribution is 5.76. The minimum atomic E-state index is -1.53. The third-order valence-corrected chi connectivity index (χ3v) is 12.9. The van der Waals surface area contributed by atoms with Crippen molar-refractivity contribution in [1.29, 1.82) is 0 Å². The van der Waals surface area contributed by atoms with Crippen LogP contribution in [0.1, 0.15) is 251 Å². The van der Waals surface area contributed by atoms with Gasteiger partial charge in [-0.05, 0) is 12.8 Å². The van der Waals surface area contributed by atoms with E-state index in [0.717, 1.165) is 38.5 Å². The molecule has 1 rings (SSSR count). The van der Waals surface area contributed by atoms with Crippen LogP contribution in [0.25, 0.3) is 0 Å². The first-order valence-electron chi connectivity index (χ1n) is 25.9. The lowest BCUT2D eigenvalue weighted by molar-refractivity contribution is -0.216. The average Bonchev–Trinajstić information content (AvgIpc) is 3.25. The molecule has 1 aliphatic rings. The van der Waals surface area contributed by atoms with Gasteiger partial charge in [0.2, 0.25) is 5.91 Å². The molecule has 1 heterocycles. The smallest absolute Gasteiger partial charge is 0.220 e. The van der Waals surface area contributed by atoms with Crippen LogP contribution >= 0.6 is 0 Å². The molecule has 8 atom stereocenters. The number of carbonyl (C=O) groups excluding carboxylic acids is 1. The summed E-state index contributed by atoms with van der Waals surface area (Å²) in [6, 6.07) is -0.943. The van der Waals surface area contributed by atoms with Crippen molar-refractivity contribution in [2.45, 2.75) is 300 Å². The summed E-state index contributed by atoms with van der Waals surface area (Å²) in [4.78, 5) is 13.1. The molecule has 9 heteroatoms. The van der Waals surface area contributed by atoms with Crippen molar-refractivity contribution in [2.24, 2.45) is 0 Å². The maximum absolute atomic E-state index is 13.1. The van der Waals surface area contributed by atoms with E-state index in [1.54, 1.807) is 0 Å². The molecule has 1 fully saturated rings. The number of nitrogens with one attached hydrogen (secondary N) is 1. The fraction of sp³-hybridized carbons (Fsp3) is 0.941. The molecule has 0 aromatic heterocycles. The number of hydrogen-bond acceptors (Lipinski definition) is 8. The molecule has 0 saturated carbocycles. The van der Waals surface area contributed by atoms with E-state index in [2.05, 4.69) is 19.2 Å². The number of hydrogen-bond donors (Lipinski definition) is 7. The number of unbranched alkanes of at least 4 members (excludes halogenated alkanes) is 33. The van der Waals surface area contributed by atoms with Crippen molar-refractivity contribution < 1.29 is 40.2 Å². The Morgan fingerprint density at radius 1 is 0.517 bits per heavy atom. The first-order valence-corrected chi connectivity index (χ1v) is 25.9. The fourth-order valence-electron chi connectivity index (χ4n) is 8.70. The van der Waals surface area contributed by atoms with Gasteiger partial charge in [0.15, 0.2) is 0 Å². The molecule has 6 unspecified atom stereocenters. The van der Waals surface area contributed by atoms with E-state index in [9.17, 15) is 35.4 Å². The number of aliphatic hydroxyl groups is 6. The molecule has 1 saturated heterocycles. The summed E-state index contributed by atoms with van der Waals surface area (Å²) in [5.41, 5.74) is 0. The Bertz CT molecular complexity index is 965. The molecule has 0 aromatic rings. The highest BCUT2D eigenvalue weighted by Gasteiger charge is 2.42. The van der Waals surface area contributed by atoms with Gasteiger partial charge in [-0.2, -0.15) is 0 Å². The van der Waals surface area contributed by atoms with E-state index in [-0.39, 0.29) is 5.91 Å². The second kappa shape index (κ2) is 40.7. The van der Waals surface area contributed by atoms with Crippen LogP contribution in [0.5, 0.6) is 0 Å². The predicted octanol–water partition coefficient (Wildman–Crippen LogP) is 11.1. The third kappa shape index (κ3) is 30.1. The quantitative estimate of drug-likeness (QED) is 0.0236. The molecule has 60 heavy (non-hydrogen) atoms. The Labute approximate surface area is 369 Å². The van der Waals surface area contributed by atoms with Crippen molar-refractivity contribution in [1.82, 2.24) is 5.32 Å². The lowest BCUT2D eigenvalue weighted by atomic mass is 9.93. The lowest BCUT2D eigenvalue weighted by Crippen LogP contribution is -2.58. The SMILES string of the molecule is CCCCCCCCCCCCCCCCCCCCCCCCCC(=O)NC(/C=C\[C@@H]1OC(CO)[C@H](O)C(O)C1O)C(O)C(O)CCCCCCCCCCCCCC. The first kappa shape index (κ1) is 56.9. The molecule has 1 aliphatic heterocycles. The van der Waals surface area contributed by atoms with Crippen LogP contribution in [-0.4, -0.2) is 91.9 Å². The van der Waals surface area contributed by atoms with Crippen molar-refractivity contribution in [2.75, 3.05) is 6.61 Å². The molecule has 1 amide bonds. The maximum Gasteiger partial charge on any atom is 0.220 e. The van der Waals surface area contributed by atoms with Crippen LogP contribution in [0.4, 0.5) is 0 Å². The molecule has 0 spiro atoms. The van der Waals surface area contributed by atoms with Gasteiger partial charge < -0.3 is 40.7 Å². The lowest BCUT2D eigenvalue weighted by Gasteiger charge is -2.39. The number of ether oxygens (including phenoxy) is 1. The zero-order chi connectivity index (χ0) is 43.9. The Morgan fingerprint density at radius 3 is 1.23 bits per heavy atom. The molecule has 0 aromatic carbocycles. The Kier molecular flexibility index (Phi) is 38.6. The zero-order valence-electron chi connectivity index (χ0n) is 39.1. The van der Waals surface area contributed by atoms with Crippen molar-refractivity contribution in [3.8, 4) is 0 Å². The monoisotopic (exact) mass is 854 g/mol. The van der Waals surface area contributed by atoms with E-state index in [0.29, 0.717) is 12.8 Å². The summed E-state index contributed by atoms with van der Waals surface area (Å²) < 4.78 is 5.60. The second-order valence-corrected chi connectivity index (χ2v) is 18.5. The number of rotatable bonds is 43. The number of aliphatic hydroxyl groups excluding tert-OH is 6. The van der Waals surface area contributed by atoms with E-state index in [1.165, 1.54) is 198 Å². The standard InChI is InChI=1S/C51H99NO8/c1-3-5-7-9-11-13-15-17-18-19-20-21-22-23-24-25-26-27-29-31-33-35-37-39-47(55)52-43(40-41-45-49(57)51(59)50(58)46(42-53)60-45)48(56)44(54)38-36-34-32-30-28-16-14-12-10-8-6-4-2/h40-41,43-46,48-51,53-54,56-59H,3-39,42H2,1-2H3,(H,52,55)/b41-40-/t43?,44?,45-,46?,48?,49?,50-,51?/m0/s1.